The van der Waals surface area contributed by atoms with Gasteiger partial charge in [0.1, 0.15) is 9.88 Å². The zero-order chi connectivity index (χ0) is 14.5. The van der Waals surface area contributed by atoms with E-state index in [4.69, 9.17) is 5.11 Å². The highest BCUT2D eigenvalue weighted by Gasteiger charge is 2.16. The number of carboxylic acids is 1. The lowest BCUT2D eigenvalue weighted by molar-refractivity contribution is -0.142. The Hall–Kier alpha value is -1.61. The summed E-state index contributed by atoms with van der Waals surface area (Å²) in [6.07, 6.45) is -0.250. The number of carbonyl (C=O) groups excluding carboxylic acids is 1. The number of esters is 1. The van der Waals surface area contributed by atoms with Crippen molar-refractivity contribution in [1.82, 2.24) is 0 Å². The summed E-state index contributed by atoms with van der Waals surface area (Å²) in [5.74, 6) is -2.13. The molecule has 1 rings (SSSR count). The zero-order valence-corrected chi connectivity index (χ0v) is 11.7. The number of ether oxygens (including phenoxy) is 1. The molecule has 0 saturated heterocycles. The summed E-state index contributed by atoms with van der Waals surface area (Å²) in [5, 5.41) is 8.90. The molecule has 1 aromatic heterocycles. The van der Waals surface area contributed by atoms with Gasteiger partial charge in [-0.25, -0.2) is 13.2 Å². The molecule has 0 spiro atoms. The Bertz CT molecular complexity index is 562. The van der Waals surface area contributed by atoms with Crippen molar-refractivity contribution in [2.45, 2.75) is 13.3 Å². The summed E-state index contributed by atoms with van der Waals surface area (Å²) in [6, 6.07) is 2.66. The Morgan fingerprint density at radius 2 is 2.11 bits per heavy atom. The van der Waals surface area contributed by atoms with Gasteiger partial charge in [0, 0.05) is 0 Å². The van der Waals surface area contributed by atoms with Gasteiger partial charge in [0.2, 0.25) is 10.0 Å². The third kappa shape index (κ3) is 5.26. The van der Waals surface area contributed by atoms with Gasteiger partial charge in [0.15, 0.2) is 0 Å². The van der Waals surface area contributed by atoms with Crippen LogP contribution in [0, 0.1) is 0 Å². The Balaban J connectivity index is 2.58. The van der Waals surface area contributed by atoms with Crippen molar-refractivity contribution in [3.05, 3.63) is 17.0 Å². The van der Waals surface area contributed by atoms with Gasteiger partial charge < -0.3 is 9.84 Å². The summed E-state index contributed by atoms with van der Waals surface area (Å²) >= 11 is 0.806. The van der Waals surface area contributed by atoms with E-state index in [1.807, 2.05) is 0 Å². The van der Waals surface area contributed by atoms with Crippen molar-refractivity contribution in [2.75, 3.05) is 17.1 Å². The van der Waals surface area contributed by atoms with Crippen molar-refractivity contribution < 1.29 is 27.9 Å². The fourth-order valence-electron chi connectivity index (χ4n) is 1.16. The molecule has 2 N–H and O–H groups in total. The van der Waals surface area contributed by atoms with E-state index < -0.39 is 27.7 Å². The first kappa shape index (κ1) is 15.4. The van der Waals surface area contributed by atoms with Gasteiger partial charge in [0.05, 0.1) is 18.8 Å². The lowest BCUT2D eigenvalue weighted by Crippen LogP contribution is -2.19. The summed E-state index contributed by atoms with van der Waals surface area (Å²) in [6.45, 7) is 1.82. The monoisotopic (exact) mass is 307 g/mol. The standard InChI is InChI=1S/C10H13NO6S2/c1-2-17-9(12)5-6-19(15,16)11-8-4-3-7(18-8)10(13)14/h3-4,11H,2,5-6H2,1H3,(H,13,14). The zero-order valence-electron chi connectivity index (χ0n) is 10.1. The molecule has 0 unspecified atom stereocenters. The average Bonchev–Trinajstić information content (AvgIpc) is 2.75. The molecule has 0 fully saturated rings. The topological polar surface area (TPSA) is 110 Å². The summed E-state index contributed by atoms with van der Waals surface area (Å²) in [4.78, 5) is 21.7. The molecule has 0 aliphatic carbocycles. The molecule has 0 aromatic carbocycles. The number of carboxylic acid groups (broad SMARTS) is 1. The van der Waals surface area contributed by atoms with E-state index in [2.05, 4.69) is 9.46 Å². The van der Waals surface area contributed by atoms with Gasteiger partial charge in [-0.15, -0.1) is 11.3 Å². The number of sulfonamides is 1. The fraction of sp³-hybridized carbons (Fsp3) is 0.400. The van der Waals surface area contributed by atoms with E-state index in [0.717, 1.165) is 11.3 Å². The van der Waals surface area contributed by atoms with Gasteiger partial charge in [-0.2, -0.15) is 0 Å². The molecule has 0 amide bonds. The van der Waals surface area contributed by atoms with Crippen molar-refractivity contribution in [3.8, 4) is 0 Å². The minimum atomic E-state index is -3.69. The van der Waals surface area contributed by atoms with Gasteiger partial charge in [-0.3, -0.25) is 9.52 Å². The minimum absolute atomic E-state index is 0.0306. The van der Waals surface area contributed by atoms with Crippen LogP contribution >= 0.6 is 11.3 Å². The van der Waals surface area contributed by atoms with Crippen LogP contribution in [0.4, 0.5) is 5.00 Å². The molecule has 19 heavy (non-hydrogen) atoms. The number of anilines is 1. The van der Waals surface area contributed by atoms with Gasteiger partial charge in [-0.1, -0.05) is 0 Å². The van der Waals surface area contributed by atoms with E-state index >= 15 is 0 Å². The number of aromatic carboxylic acids is 1. The third-order valence-electron chi connectivity index (χ3n) is 1.95. The Kier molecular flexibility index (Phi) is 5.31. The molecule has 106 valence electrons. The van der Waals surface area contributed by atoms with Crippen LogP contribution in [0.5, 0.6) is 0 Å². The molecule has 7 nitrogen and oxygen atoms in total. The number of thiophene rings is 1. The van der Waals surface area contributed by atoms with Crippen LogP contribution in [0.25, 0.3) is 0 Å². The second kappa shape index (κ2) is 6.53. The SMILES string of the molecule is CCOC(=O)CCS(=O)(=O)Nc1ccc(C(=O)O)s1. The number of hydrogen-bond acceptors (Lipinski definition) is 6. The van der Waals surface area contributed by atoms with Crippen molar-refractivity contribution in [2.24, 2.45) is 0 Å². The Morgan fingerprint density at radius 1 is 1.42 bits per heavy atom. The highest BCUT2D eigenvalue weighted by molar-refractivity contribution is 7.92. The first-order valence-corrected chi connectivity index (χ1v) is 7.80. The molecule has 0 radical (unpaired) electrons. The van der Waals surface area contributed by atoms with Crippen LogP contribution in [0.3, 0.4) is 0 Å². The molecule has 0 saturated carbocycles. The molecule has 0 aliphatic heterocycles. The molecular formula is C10H13NO6S2. The number of nitrogens with one attached hydrogen (secondary N) is 1. The normalized spacial score (nSPS) is 11.0. The number of hydrogen-bond donors (Lipinski definition) is 2. The van der Waals surface area contributed by atoms with Gasteiger partial charge >= 0.3 is 11.9 Å². The largest absolute Gasteiger partial charge is 0.477 e. The van der Waals surface area contributed by atoms with Crippen LogP contribution in [0.1, 0.15) is 23.0 Å². The predicted molar refractivity (Wildman–Crippen MR) is 69.9 cm³/mol. The summed E-state index contributed by atoms with van der Waals surface area (Å²) < 4.78 is 30.1. The smallest absolute Gasteiger partial charge is 0.345 e. The summed E-state index contributed by atoms with van der Waals surface area (Å²) in [5.41, 5.74) is 0. The molecule has 0 atom stereocenters. The van der Waals surface area contributed by atoms with Crippen molar-refractivity contribution in [1.29, 1.82) is 0 Å². The van der Waals surface area contributed by atoms with E-state index in [1.165, 1.54) is 12.1 Å². The van der Waals surface area contributed by atoms with Crippen LogP contribution in [0.2, 0.25) is 0 Å². The predicted octanol–water partition coefficient (Wildman–Crippen LogP) is 1.14. The quantitative estimate of drug-likeness (QED) is 0.731. The van der Waals surface area contributed by atoms with E-state index in [9.17, 15) is 18.0 Å². The summed E-state index contributed by atoms with van der Waals surface area (Å²) in [7, 11) is -3.69. The molecule has 1 aromatic rings. The lowest BCUT2D eigenvalue weighted by atomic mass is 10.5. The number of carbonyl (C=O) groups is 2. The van der Waals surface area contributed by atoms with E-state index in [1.54, 1.807) is 6.92 Å². The molecule has 1 heterocycles. The van der Waals surface area contributed by atoms with Crippen LogP contribution < -0.4 is 4.72 Å². The molecular weight excluding hydrogens is 294 g/mol. The first-order chi connectivity index (χ1) is 8.84. The third-order valence-corrected chi connectivity index (χ3v) is 4.34. The lowest BCUT2D eigenvalue weighted by Gasteiger charge is -2.05. The maximum atomic E-state index is 11.6. The second-order valence-electron chi connectivity index (χ2n) is 3.45. The van der Waals surface area contributed by atoms with E-state index in [0.29, 0.717) is 0 Å². The van der Waals surface area contributed by atoms with E-state index in [-0.39, 0.29) is 22.9 Å². The fourth-order valence-corrected chi connectivity index (χ4v) is 3.22. The van der Waals surface area contributed by atoms with Crippen molar-refractivity contribution >= 4 is 38.3 Å². The maximum Gasteiger partial charge on any atom is 0.345 e. The molecule has 0 aliphatic rings. The second-order valence-corrected chi connectivity index (χ2v) is 6.37. The Labute approximate surface area is 114 Å². The highest BCUT2D eigenvalue weighted by atomic mass is 32.2. The number of rotatable bonds is 7. The minimum Gasteiger partial charge on any atom is -0.477 e. The van der Waals surface area contributed by atoms with Crippen LogP contribution in [0.15, 0.2) is 12.1 Å². The van der Waals surface area contributed by atoms with Crippen LogP contribution in [-0.4, -0.2) is 37.8 Å². The highest BCUT2D eigenvalue weighted by Crippen LogP contribution is 2.23. The van der Waals surface area contributed by atoms with Gasteiger partial charge in [0.25, 0.3) is 0 Å². The average molecular weight is 307 g/mol. The first-order valence-electron chi connectivity index (χ1n) is 5.33. The molecule has 9 heteroatoms. The van der Waals surface area contributed by atoms with Crippen LogP contribution in [-0.2, 0) is 19.6 Å². The van der Waals surface area contributed by atoms with Gasteiger partial charge in [-0.05, 0) is 19.1 Å². The molecule has 0 bridgehead atoms. The Morgan fingerprint density at radius 3 is 2.63 bits per heavy atom. The maximum absolute atomic E-state index is 11.6. The van der Waals surface area contributed by atoms with Crippen molar-refractivity contribution in [3.63, 3.8) is 0 Å².